The Hall–Kier alpha value is -1.02. The zero-order chi connectivity index (χ0) is 9.14. The molecule has 2 nitrogen and oxygen atoms in total. The first-order valence-electron chi connectivity index (χ1n) is 4.04. The number of methoxy groups -OCH3 is 1. The van der Waals surface area contributed by atoms with Crippen LogP contribution in [-0.2, 0) is 4.74 Å². The Kier molecular flexibility index (Phi) is 2.71. The molecule has 0 aromatic heterocycles. The second-order valence-electron chi connectivity index (χ2n) is 2.99. The van der Waals surface area contributed by atoms with Crippen LogP contribution < -0.4 is 5.73 Å². The van der Waals surface area contributed by atoms with Gasteiger partial charge in [-0.25, -0.2) is 0 Å². The van der Waals surface area contributed by atoms with Gasteiger partial charge in [0.25, 0.3) is 0 Å². The molecule has 0 saturated heterocycles. The first-order valence-corrected chi connectivity index (χ1v) is 4.04. The summed E-state index contributed by atoms with van der Waals surface area (Å²) in [5.41, 5.74) is 8.83. The molecular weight excluding hydrogens is 150 g/mol. The van der Waals surface area contributed by atoms with Gasteiger partial charge in [-0.3, -0.25) is 0 Å². The Labute approximate surface area is 73.3 Å². The molecule has 0 amide bonds. The van der Waals surface area contributed by atoms with Crippen molar-refractivity contribution in [2.45, 2.75) is 20.0 Å². The first kappa shape index (κ1) is 9.07. The number of hydrogen-bond donors (Lipinski definition) is 1. The lowest BCUT2D eigenvalue weighted by molar-refractivity contribution is 0.119. The first-order chi connectivity index (χ1) is 5.65. The molecule has 1 aromatic carbocycles. The van der Waals surface area contributed by atoms with Crippen molar-refractivity contribution in [1.29, 1.82) is 0 Å². The van der Waals surface area contributed by atoms with Gasteiger partial charge in [-0.1, -0.05) is 12.1 Å². The molecule has 1 atom stereocenters. The minimum absolute atomic E-state index is 0.118. The smallest absolute Gasteiger partial charge is 0.0793 e. The van der Waals surface area contributed by atoms with Crippen LogP contribution in [0.15, 0.2) is 18.2 Å². The summed E-state index contributed by atoms with van der Waals surface area (Å²) in [6.45, 7) is 4.00. The van der Waals surface area contributed by atoms with Crippen molar-refractivity contribution in [2.75, 3.05) is 12.8 Å². The third kappa shape index (κ3) is 1.77. The van der Waals surface area contributed by atoms with Gasteiger partial charge in [0.15, 0.2) is 0 Å². The molecule has 0 aliphatic heterocycles. The molecule has 12 heavy (non-hydrogen) atoms. The maximum absolute atomic E-state index is 5.76. The van der Waals surface area contributed by atoms with E-state index in [4.69, 9.17) is 10.5 Å². The number of aryl methyl sites for hydroxylation is 1. The van der Waals surface area contributed by atoms with Crippen LogP contribution in [0.25, 0.3) is 0 Å². The summed E-state index contributed by atoms with van der Waals surface area (Å²) in [5, 5.41) is 0. The van der Waals surface area contributed by atoms with Gasteiger partial charge < -0.3 is 10.5 Å². The number of rotatable bonds is 2. The fraction of sp³-hybridized carbons (Fsp3) is 0.400. The quantitative estimate of drug-likeness (QED) is 0.682. The summed E-state index contributed by atoms with van der Waals surface area (Å²) in [4.78, 5) is 0. The van der Waals surface area contributed by atoms with Crippen LogP contribution in [0.3, 0.4) is 0 Å². The Morgan fingerprint density at radius 2 is 2.08 bits per heavy atom. The molecule has 0 unspecified atom stereocenters. The highest BCUT2D eigenvalue weighted by Gasteiger charge is 2.03. The van der Waals surface area contributed by atoms with Gasteiger partial charge in [0.05, 0.1) is 6.10 Å². The topological polar surface area (TPSA) is 35.2 Å². The molecule has 0 saturated carbocycles. The third-order valence-corrected chi connectivity index (χ3v) is 2.13. The average molecular weight is 165 g/mol. The SMILES string of the molecule is CO[C@@H](C)c1ccc(C)c(N)c1. The molecular formula is C10H15NO. The van der Waals surface area contributed by atoms with Crippen LogP contribution in [0.1, 0.15) is 24.2 Å². The van der Waals surface area contributed by atoms with Crippen molar-refractivity contribution in [2.24, 2.45) is 0 Å². The van der Waals surface area contributed by atoms with Crippen molar-refractivity contribution in [3.05, 3.63) is 29.3 Å². The van der Waals surface area contributed by atoms with E-state index in [1.807, 2.05) is 32.0 Å². The van der Waals surface area contributed by atoms with Crippen molar-refractivity contribution >= 4 is 5.69 Å². The molecule has 1 aromatic rings. The standard InChI is InChI=1S/C10H15NO/c1-7-4-5-9(6-10(7)11)8(2)12-3/h4-6,8H,11H2,1-3H3/t8-/m0/s1. The van der Waals surface area contributed by atoms with Crippen molar-refractivity contribution < 1.29 is 4.74 Å². The normalized spacial score (nSPS) is 12.9. The molecule has 1 rings (SSSR count). The molecule has 66 valence electrons. The molecule has 0 radical (unpaired) electrons. The highest BCUT2D eigenvalue weighted by atomic mass is 16.5. The van der Waals surface area contributed by atoms with Crippen LogP contribution in [0, 0.1) is 6.92 Å². The van der Waals surface area contributed by atoms with E-state index in [9.17, 15) is 0 Å². The monoisotopic (exact) mass is 165 g/mol. The minimum Gasteiger partial charge on any atom is -0.399 e. The van der Waals surface area contributed by atoms with Gasteiger partial charge in [-0.05, 0) is 31.0 Å². The van der Waals surface area contributed by atoms with Crippen LogP contribution in [0.2, 0.25) is 0 Å². The predicted molar refractivity (Wildman–Crippen MR) is 51.0 cm³/mol. The molecule has 0 heterocycles. The van der Waals surface area contributed by atoms with Gasteiger partial charge in [0.2, 0.25) is 0 Å². The summed E-state index contributed by atoms with van der Waals surface area (Å²) in [5.74, 6) is 0. The van der Waals surface area contributed by atoms with Crippen LogP contribution in [0.4, 0.5) is 5.69 Å². The summed E-state index contributed by atoms with van der Waals surface area (Å²) in [6, 6.07) is 6.02. The maximum Gasteiger partial charge on any atom is 0.0793 e. The highest BCUT2D eigenvalue weighted by molar-refractivity contribution is 5.48. The summed E-state index contributed by atoms with van der Waals surface area (Å²) in [6.07, 6.45) is 0.118. The fourth-order valence-corrected chi connectivity index (χ4v) is 1.05. The summed E-state index contributed by atoms with van der Waals surface area (Å²) < 4.78 is 5.18. The minimum atomic E-state index is 0.118. The van der Waals surface area contributed by atoms with Gasteiger partial charge >= 0.3 is 0 Å². The van der Waals surface area contributed by atoms with Crippen LogP contribution in [0.5, 0.6) is 0 Å². The Morgan fingerprint density at radius 1 is 1.42 bits per heavy atom. The second-order valence-corrected chi connectivity index (χ2v) is 2.99. The third-order valence-electron chi connectivity index (χ3n) is 2.13. The van der Waals surface area contributed by atoms with Gasteiger partial charge in [0.1, 0.15) is 0 Å². The molecule has 0 bridgehead atoms. The number of nitrogens with two attached hydrogens (primary N) is 1. The lowest BCUT2D eigenvalue weighted by atomic mass is 10.1. The zero-order valence-electron chi connectivity index (χ0n) is 7.79. The molecule has 2 heteroatoms. The van der Waals surface area contributed by atoms with Gasteiger partial charge in [0, 0.05) is 12.8 Å². The van der Waals surface area contributed by atoms with E-state index in [-0.39, 0.29) is 6.10 Å². The number of benzene rings is 1. The highest BCUT2D eigenvalue weighted by Crippen LogP contribution is 2.20. The van der Waals surface area contributed by atoms with E-state index in [0.717, 1.165) is 16.8 Å². The van der Waals surface area contributed by atoms with Gasteiger partial charge in [-0.2, -0.15) is 0 Å². The van der Waals surface area contributed by atoms with E-state index in [1.54, 1.807) is 7.11 Å². The Bertz CT molecular complexity index is 271. The predicted octanol–water partition coefficient (Wildman–Crippen LogP) is 2.28. The van der Waals surface area contributed by atoms with Gasteiger partial charge in [-0.15, -0.1) is 0 Å². The number of hydrogen-bond acceptors (Lipinski definition) is 2. The van der Waals surface area contributed by atoms with E-state index in [0.29, 0.717) is 0 Å². The number of ether oxygens (including phenoxy) is 1. The van der Waals surface area contributed by atoms with Crippen LogP contribution in [-0.4, -0.2) is 7.11 Å². The van der Waals surface area contributed by atoms with E-state index in [1.165, 1.54) is 0 Å². The Balaban J connectivity index is 2.96. The largest absolute Gasteiger partial charge is 0.399 e. The maximum atomic E-state index is 5.76. The van der Waals surface area contributed by atoms with Crippen LogP contribution >= 0.6 is 0 Å². The summed E-state index contributed by atoms with van der Waals surface area (Å²) in [7, 11) is 1.70. The van der Waals surface area contributed by atoms with E-state index >= 15 is 0 Å². The second kappa shape index (κ2) is 3.59. The lowest BCUT2D eigenvalue weighted by Gasteiger charge is -2.11. The molecule has 0 spiro atoms. The number of nitrogen functional groups attached to an aromatic ring is 1. The van der Waals surface area contributed by atoms with Crippen molar-refractivity contribution in [3.63, 3.8) is 0 Å². The zero-order valence-corrected chi connectivity index (χ0v) is 7.79. The molecule has 2 N–H and O–H groups in total. The van der Waals surface area contributed by atoms with E-state index in [2.05, 4.69) is 0 Å². The average Bonchev–Trinajstić information content (AvgIpc) is 2.08. The number of anilines is 1. The Morgan fingerprint density at radius 3 is 2.58 bits per heavy atom. The summed E-state index contributed by atoms with van der Waals surface area (Å²) >= 11 is 0. The molecule has 0 fully saturated rings. The molecule has 0 aliphatic rings. The van der Waals surface area contributed by atoms with Crippen molar-refractivity contribution in [1.82, 2.24) is 0 Å². The fourth-order valence-electron chi connectivity index (χ4n) is 1.05. The molecule has 0 aliphatic carbocycles. The lowest BCUT2D eigenvalue weighted by Crippen LogP contribution is -1.98. The van der Waals surface area contributed by atoms with Crippen molar-refractivity contribution in [3.8, 4) is 0 Å². The van der Waals surface area contributed by atoms with E-state index < -0.39 is 0 Å².